The van der Waals surface area contributed by atoms with Crippen LogP contribution in [0.5, 0.6) is 0 Å². The first-order valence-corrected chi connectivity index (χ1v) is 10.4. The molecule has 1 aliphatic heterocycles. The molecule has 3 rings (SSSR count). The predicted octanol–water partition coefficient (Wildman–Crippen LogP) is 1.00. The summed E-state index contributed by atoms with van der Waals surface area (Å²) in [6, 6.07) is 5.41. The highest BCUT2D eigenvalue weighted by Gasteiger charge is 2.41. The fraction of sp³-hybridized carbons (Fsp3) is 0.444. The van der Waals surface area contributed by atoms with E-state index >= 15 is 0 Å². The van der Waals surface area contributed by atoms with Crippen LogP contribution in [0.2, 0.25) is 0 Å². The highest BCUT2D eigenvalue weighted by atomic mass is 32.2. The van der Waals surface area contributed by atoms with Gasteiger partial charge >= 0.3 is 0 Å². The molecule has 28 heavy (non-hydrogen) atoms. The number of aromatic nitrogens is 2. The molecular weight excluding hydrogens is 382 g/mol. The van der Waals surface area contributed by atoms with E-state index in [0.717, 1.165) is 15.6 Å². The molecule has 9 nitrogen and oxygen atoms in total. The Hall–Kier alpha value is -2.27. The first kappa shape index (κ1) is 20.5. The monoisotopic (exact) mass is 407 g/mol. The molecule has 0 radical (unpaired) electrons. The van der Waals surface area contributed by atoms with Crippen LogP contribution in [0.15, 0.2) is 30.5 Å². The minimum absolute atomic E-state index is 0.268. The average Bonchev–Trinajstić information content (AvgIpc) is 2.96. The number of hydrogen-bond donors (Lipinski definition) is 3. The first-order chi connectivity index (χ1) is 13.1. The molecule has 2 aromatic rings. The van der Waals surface area contributed by atoms with Gasteiger partial charge in [-0.25, -0.2) is 0 Å². The fourth-order valence-electron chi connectivity index (χ4n) is 3.27. The second-order valence-electron chi connectivity index (χ2n) is 7.04. The van der Waals surface area contributed by atoms with Gasteiger partial charge in [0.05, 0.1) is 18.3 Å². The number of likely N-dealkylation sites (N-methyl/N-ethyl adjacent to an activating group) is 1. The predicted molar refractivity (Wildman–Crippen MR) is 105 cm³/mol. The second-order valence-corrected chi connectivity index (χ2v) is 8.80. The lowest BCUT2D eigenvalue weighted by Gasteiger charge is -2.36. The summed E-state index contributed by atoms with van der Waals surface area (Å²) in [4.78, 5) is 12.9. The molecule has 1 amide bonds. The smallest absolute Gasteiger partial charge is 0.280 e. The van der Waals surface area contributed by atoms with E-state index in [0.29, 0.717) is 11.3 Å². The van der Waals surface area contributed by atoms with Crippen LogP contribution in [0.3, 0.4) is 0 Å². The standard InChI is InChI=1S/C18H25N5O4S/c1-11-15(10-19-22(11)3)16-9-17(23(4)28(26,27)21-16)18(25)20-14-7-5-6-13(8-14)12(2)24/h5-8,10,12,16-17,21,24H,9H2,1-4H3,(H,20,25). The number of aliphatic hydroxyl groups excluding tert-OH is 1. The number of amides is 1. The Morgan fingerprint density at radius 2 is 2.11 bits per heavy atom. The van der Waals surface area contributed by atoms with Crippen LogP contribution in [0.25, 0.3) is 0 Å². The summed E-state index contributed by atoms with van der Waals surface area (Å²) in [7, 11) is -0.669. The molecule has 3 unspecified atom stereocenters. The minimum atomic E-state index is -3.83. The number of aliphatic hydroxyl groups is 1. The van der Waals surface area contributed by atoms with Crippen molar-refractivity contribution < 1.29 is 18.3 Å². The van der Waals surface area contributed by atoms with Crippen molar-refractivity contribution in [2.24, 2.45) is 7.05 Å². The van der Waals surface area contributed by atoms with Crippen molar-refractivity contribution in [3.05, 3.63) is 47.3 Å². The Kier molecular flexibility index (Phi) is 5.57. The Morgan fingerprint density at radius 3 is 2.71 bits per heavy atom. The summed E-state index contributed by atoms with van der Waals surface area (Å²) >= 11 is 0. The molecule has 3 atom stereocenters. The van der Waals surface area contributed by atoms with Gasteiger partial charge in [-0.05, 0) is 38.0 Å². The Bertz CT molecular complexity index is 986. The maximum atomic E-state index is 12.9. The molecule has 1 aliphatic rings. The number of aryl methyl sites for hydroxylation is 1. The third-order valence-corrected chi connectivity index (χ3v) is 6.75. The molecule has 1 aromatic heterocycles. The van der Waals surface area contributed by atoms with Gasteiger partial charge in [0.25, 0.3) is 10.2 Å². The molecule has 1 fully saturated rings. The molecule has 0 aliphatic carbocycles. The zero-order valence-electron chi connectivity index (χ0n) is 16.2. The second kappa shape index (κ2) is 7.63. The van der Waals surface area contributed by atoms with Crippen LogP contribution in [0.4, 0.5) is 5.69 Å². The van der Waals surface area contributed by atoms with E-state index in [-0.39, 0.29) is 6.42 Å². The van der Waals surface area contributed by atoms with Gasteiger partial charge in [0.1, 0.15) is 6.04 Å². The third kappa shape index (κ3) is 3.95. The largest absolute Gasteiger partial charge is 0.389 e. The van der Waals surface area contributed by atoms with E-state index in [1.165, 1.54) is 7.05 Å². The molecule has 3 N–H and O–H groups in total. The van der Waals surface area contributed by atoms with E-state index in [1.807, 2.05) is 6.92 Å². The number of nitrogens with zero attached hydrogens (tertiary/aromatic N) is 3. The van der Waals surface area contributed by atoms with Gasteiger partial charge in [0.2, 0.25) is 5.91 Å². The zero-order chi connectivity index (χ0) is 20.6. The van der Waals surface area contributed by atoms with E-state index in [1.54, 1.807) is 49.1 Å². The number of anilines is 1. The van der Waals surface area contributed by atoms with Crippen molar-refractivity contribution in [2.75, 3.05) is 12.4 Å². The maximum Gasteiger partial charge on any atom is 0.280 e. The molecule has 10 heteroatoms. The van der Waals surface area contributed by atoms with E-state index in [4.69, 9.17) is 0 Å². The van der Waals surface area contributed by atoms with Crippen LogP contribution < -0.4 is 10.0 Å². The molecule has 1 saturated heterocycles. The van der Waals surface area contributed by atoms with Gasteiger partial charge < -0.3 is 10.4 Å². The highest BCUT2D eigenvalue weighted by Crippen LogP contribution is 2.30. The van der Waals surface area contributed by atoms with Crippen molar-refractivity contribution in [1.29, 1.82) is 0 Å². The van der Waals surface area contributed by atoms with Gasteiger partial charge in [-0.1, -0.05) is 12.1 Å². The van der Waals surface area contributed by atoms with Gasteiger partial charge in [-0.3, -0.25) is 9.48 Å². The highest BCUT2D eigenvalue weighted by molar-refractivity contribution is 7.87. The Morgan fingerprint density at radius 1 is 1.39 bits per heavy atom. The molecule has 1 aromatic carbocycles. The minimum Gasteiger partial charge on any atom is -0.389 e. The Labute approximate surface area is 164 Å². The van der Waals surface area contributed by atoms with Crippen molar-refractivity contribution in [3.8, 4) is 0 Å². The summed E-state index contributed by atoms with van der Waals surface area (Å²) in [5, 5.41) is 16.6. The maximum absolute atomic E-state index is 12.9. The summed E-state index contributed by atoms with van der Waals surface area (Å²) in [5.41, 5.74) is 2.74. The van der Waals surface area contributed by atoms with E-state index in [2.05, 4.69) is 15.1 Å². The zero-order valence-corrected chi connectivity index (χ0v) is 17.1. The molecule has 0 bridgehead atoms. The quantitative estimate of drug-likeness (QED) is 0.699. The van der Waals surface area contributed by atoms with Crippen LogP contribution in [-0.2, 0) is 22.1 Å². The third-order valence-electron chi connectivity index (χ3n) is 5.16. The van der Waals surface area contributed by atoms with Crippen LogP contribution in [-0.4, -0.2) is 46.6 Å². The van der Waals surface area contributed by atoms with Crippen molar-refractivity contribution in [3.63, 3.8) is 0 Å². The van der Waals surface area contributed by atoms with Crippen LogP contribution >= 0.6 is 0 Å². The van der Waals surface area contributed by atoms with Crippen LogP contribution in [0, 0.1) is 6.92 Å². The lowest BCUT2D eigenvalue weighted by Crippen LogP contribution is -2.56. The molecule has 0 spiro atoms. The van der Waals surface area contributed by atoms with E-state index in [9.17, 15) is 18.3 Å². The molecular formula is C18H25N5O4S. The SMILES string of the molecule is Cc1c(C2CC(C(=O)Nc3cccc(C(C)O)c3)N(C)S(=O)(=O)N2)cnn1C. The number of nitrogens with one attached hydrogen (secondary N) is 2. The summed E-state index contributed by atoms with van der Waals surface area (Å²) < 4.78 is 30.5. The number of carbonyl (C=O) groups excluding carboxylic acids is 1. The fourth-order valence-corrected chi connectivity index (χ4v) is 4.54. The van der Waals surface area contributed by atoms with Gasteiger partial charge in [0, 0.05) is 31.0 Å². The summed E-state index contributed by atoms with van der Waals surface area (Å²) in [6.07, 6.45) is 1.22. The molecule has 152 valence electrons. The lowest BCUT2D eigenvalue weighted by molar-refractivity contribution is -0.120. The summed E-state index contributed by atoms with van der Waals surface area (Å²) in [5.74, 6) is -0.429. The van der Waals surface area contributed by atoms with Crippen molar-refractivity contribution >= 4 is 21.8 Å². The first-order valence-electron chi connectivity index (χ1n) is 8.93. The average molecular weight is 407 g/mol. The normalized spacial score (nSPS) is 23.3. The molecule has 0 saturated carbocycles. The summed E-state index contributed by atoms with van der Waals surface area (Å²) in [6.45, 7) is 3.49. The number of carbonyl (C=O) groups is 1. The van der Waals surface area contributed by atoms with Gasteiger partial charge in [-0.2, -0.15) is 22.5 Å². The van der Waals surface area contributed by atoms with Gasteiger partial charge in [0.15, 0.2) is 0 Å². The number of hydrogen-bond acceptors (Lipinski definition) is 5. The van der Waals surface area contributed by atoms with Crippen molar-refractivity contribution in [2.45, 2.75) is 38.5 Å². The number of benzene rings is 1. The van der Waals surface area contributed by atoms with Crippen molar-refractivity contribution in [1.82, 2.24) is 18.8 Å². The van der Waals surface area contributed by atoms with Gasteiger partial charge in [-0.15, -0.1) is 0 Å². The lowest BCUT2D eigenvalue weighted by atomic mass is 10.00. The number of rotatable bonds is 4. The van der Waals surface area contributed by atoms with Crippen LogP contribution in [0.1, 0.15) is 42.3 Å². The Balaban J connectivity index is 1.85. The topological polar surface area (TPSA) is 117 Å². The molecule has 2 heterocycles. The van der Waals surface area contributed by atoms with E-state index < -0.39 is 34.3 Å².